The molecule has 0 radical (unpaired) electrons. The average Bonchev–Trinajstić information content (AvgIpc) is 2.81. The largest absolute Gasteiger partial charge is 0.476 e. The van der Waals surface area contributed by atoms with Gasteiger partial charge in [-0.15, -0.1) is 0 Å². The van der Waals surface area contributed by atoms with E-state index in [-0.39, 0.29) is 40.0 Å². The monoisotopic (exact) mass is 532 g/mol. The van der Waals surface area contributed by atoms with Crippen molar-refractivity contribution in [3.63, 3.8) is 0 Å². The lowest BCUT2D eigenvalue weighted by molar-refractivity contribution is -0.131. The van der Waals surface area contributed by atoms with Gasteiger partial charge < -0.3 is 9.47 Å². The first-order valence-corrected chi connectivity index (χ1v) is 13.0. The fraction of sp³-hybridized carbons (Fsp3) is 0.200. The Labute approximate surface area is 212 Å². The molecule has 0 saturated heterocycles. The first-order chi connectivity index (χ1) is 16.9. The van der Waals surface area contributed by atoms with E-state index in [0.717, 1.165) is 16.7 Å². The third-order valence-corrected chi connectivity index (χ3v) is 6.24. The van der Waals surface area contributed by atoms with Gasteiger partial charge in [0.2, 0.25) is 10.0 Å². The topological polar surface area (TPSA) is 102 Å². The maximum Gasteiger partial charge on any atom is 0.340 e. The second-order valence-corrected chi connectivity index (χ2v) is 10.8. The fourth-order valence-electron chi connectivity index (χ4n) is 3.66. The number of ether oxygens (including phenoxy) is 2. The number of nitrogens with zero attached hydrogens (tertiary/aromatic N) is 1. The number of rotatable bonds is 6. The Morgan fingerprint density at radius 2 is 1.83 bits per heavy atom. The standard InChI is InChI=1S/C25H22ClFN2O6S/c1-25(2)24(31)29(22-20(35-25)12-11-19(21(22)27)28-36(3,32)33)16-9-10-18(26)17(13-16)23(30)34-14-15-7-5-4-6-8-15/h4-13,28H,14H2,1-3H3. The Morgan fingerprint density at radius 3 is 2.50 bits per heavy atom. The number of hydrogen-bond donors (Lipinski definition) is 1. The summed E-state index contributed by atoms with van der Waals surface area (Å²) in [6.45, 7) is 3.02. The van der Waals surface area contributed by atoms with Crippen molar-refractivity contribution < 1.29 is 31.9 Å². The molecule has 4 rings (SSSR count). The Bertz CT molecular complexity index is 1460. The second kappa shape index (κ2) is 9.44. The van der Waals surface area contributed by atoms with Crippen molar-refractivity contribution in [3.05, 3.63) is 82.6 Å². The summed E-state index contributed by atoms with van der Waals surface area (Å²) in [5.74, 6) is -2.39. The molecule has 3 aromatic rings. The minimum Gasteiger partial charge on any atom is -0.476 e. The molecule has 1 heterocycles. The molecule has 0 aliphatic carbocycles. The summed E-state index contributed by atoms with van der Waals surface area (Å²) in [7, 11) is -3.81. The number of halogens is 2. The van der Waals surface area contributed by atoms with Crippen LogP contribution in [0.4, 0.5) is 21.5 Å². The van der Waals surface area contributed by atoms with E-state index in [0.29, 0.717) is 0 Å². The number of carbonyl (C=O) groups excluding carboxylic acids is 2. The quantitative estimate of drug-likeness (QED) is 0.446. The van der Waals surface area contributed by atoms with E-state index < -0.39 is 33.3 Å². The van der Waals surface area contributed by atoms with Gasteiger partial charge in [0.15, 0.2) is 11.4 Å². The van der Waals surface area contributed by atoms with Gasteiger partial charge >= 0.3 is 5.97 Å². The molecule has 8 nitrogen and oxygen atoms in total. The highest BCUT2D eigenvalue weighted by Crippen LogP contribution is 2.46. The highest BCUT2D eigenvalue weighted by molar-refractivity contribution is 7.92. The molecule has 1 aliphatic rings. The summed E-state index contributed by atoms with van der Waals surface area (Å²) in [6, 6.07) is 15.7. The van der Waals surface area contributed by atoms with E-state index in [9.17, 15) is 18.0 Å². The number of fused-ring (bicyclic) bond motifs is 1. The first kappa shape index (κ1) is 25.5. The third-order valence-electron chi connectivity index (χ3n) is 5.32. The Morgan fingerprint density at radius 1 is 1.14 bits per heavy atom. The first-order valence-electron chi connectivity index (χ1n) is 10.7. The molecular weight excluding hydrogens is 511 g/mol. The van der Waals surface area contributed by atoms with Crippen LogP contribution in [0.5, 0.6) is 5.75 Å². The second-order valence-electron chi connectivity index (χ2n) is 8.63. The summed E-state index contributed by atoms with van der Waals surface area (Å²) in [4.78, 5) is 27.2. The summed E-state index contributed by atoms with van der Waals surface area (Å²) in [5.41, 5.74) is -1.21. The Kier molecular flexibility index (Phi) is 6.68. The molecule has 36 heavy (non-hydrogen) atoms. The molecule has 0 fully saturated rings. The highest BCUT2D eigenvalue weighted by Gasteiger charge is 2.44. The lowest BCUT2D eigenvalue weighted by Crippen LogP contribution is -2.51. The average molecular weight is 533 g/mol. The van der Waals surface area contributed by atoms with Crippen LogP contribution in [0.2, 0.25) is 5.02 Å². The molecule has 0 aromatic heterocycles. The van der Waals surface area contributed by atoms with E-state index in [1.807, 2.05) is 6.07 Å². The number of amides is 1. The van der Waals surface area contributed by atoms with E-state index in [4.69, 9.17) is 21.1 Å². The number of benzene rings is 3. The zero-order chi connectivity index (χ0) is 26.3. The molecular formula is C25H22ClFN2O6S. The Balaban J connectivity index is 1.77. The van der Waals surface area contributed by atoms with Crippen molar-refractivity contribution in [2.45, 2.75) is 26.1 Å². The van der Waals surface area contributed by atoms with Crippen LogP contribution in [0.3, 0.4) is 0 Å². The van der Waals surface area contributed by atoms with Crippen molar-refractivity contribution in [3.8, 4) is 5.75 Å². The zero-order valence-corrected chi connectivity index (χ0v) is 21.1. The van der Waals surface area contributed by atoms with Gasteiger partial charge in [0.25, 0.3) is 5.91 Å². The summed E-state index contributed by atoms with van der Waals surface area (Å²) in [6.07, 6.45) is 0.876. The van der Waals surface area contributed by atoms with E-state index in [1.165, 1.54) is 44.2 Å². The number of esters is 1. The van der Waals surface area contributed by atoms with Crippen LogP contribution in [-0.4, -0.2) is 32.2 Å². The summed E-state index contributed by atoms with van der Waals surface area (Å²) >= 11 is 6.25. The van der Waals surface area contributed by atoms with Crippen LogP contribution in [0.15, 0.2) is 60.7 Å². The number of nitrogens with one attached hydrogen (secondary N) is 1. The third kappa shape index (κ3) is 5.14. The molecule has 1 N–H and O–H groups in total. The maximum absolute atomic E-state index is 15.6. The molecule has 1 amide bonds. The van der Waals surface area contributed by atoms with Crippen molar-refractivity contribution in [2.75, 3.05) is 15.9 Å². The van der Waals surface area contributed by atoms with Crippen molar-refractivity contribution in [1.29, 1.82) is 0 Å². The summed E-state index contributed by atoms with van der Waals surface area (Å²) in [5, 5.41) is 0.0740. The normalized spacial score (nSPS) is 14.6. The van der Waals surface area contributed by atoms with Crippen LogP contribution in [-0.2, 0) is 26.2 Å². The van der Waals surface area contributed by atoms with Gasteiger partial charge in [0, 0.05) is 0 Å². The van der Waals surface area contributed by atoms with Gasteiger partial charge in [0.05, 0.1) is 28.2 Å². The number of carbonyl (C=O) groups is 2. The Hall–Kier alpha value is -3.63. The minimum atomic E-state index is -3.81. The molecule has 0 unspecified atom stereocenters. The van der Waals surface area contributed by atoms with Gasteiger partial charge in [-0.2, -0.15) is 0 Å². The number of anilines is 3. The van der Waals surface area contributed by atoms with E-state index >= 15 is 4.39 Å². The molecule has 3 aromatic carbocycles. The minimum absolute atomic E-state index is 0.00171. The van der Waals surface area contributed by atoms with Crippen LogP contribution >= 0.6 is 11.6 Å². The fourth-order valence-corrected chi connectivity index (χ4v) is 4.41. The number of hydrogen-bond acceptors (Lipinski definition) is 6. The van der Waals surface area contributed by atoms with E-state index in [1.54, 1.807) is 24.3 Å². The van der Waals surface area contributed by atoms with Gasteiger partial charge in [0.1, 0.15) is 18.0 Å². The lowest BCUT2D eigenvalue weighted by Gasteiger charge is -2.39. The van der Waals surface area contributed by atoms with Crippen LogP contribution in [0.1, 0.15) is 29.8 Å². The molecule has 0 atom stereocenters. The van der Waals surface area contributed by atoms with E-state index in [2.05, 4.69) is 4.72 Å². The molecule has 1 aliphatic heterocycles. The summed E-state index contributed by atoms with van der Waals surface area (Å²) < 4.78 is 52.2. The molecule has 11 heteroatoms. The molecule has 188 valence electrons. The van der Waals surface area contributed by atoms with Gasteiger partial charge in [-0.05, 0) is 49.7 Å². The van der Waals surface area contributed by atoms with Gasteiger partial charge in [-0.1, -0.05) is 41.9 Å². The predicted octanol–water partition coefficient (Wildman–Crippen LogP) is 5.04. The maximum atomic E-state index is 15.6. The lowest BCUT2D eigenvalue weighted by atomic mass is 10.0. The smallest absolute Gasteiger partial charge is 0.340 e. The van der Waals surface area contributed by atoms with Crippen LogP contribution in [0, 0.1) is 5.82 Å². The van der Waals surface area contributed by atoms with Crippen LogP contribution in [0.25, 0.3) is 0 Å². The number of sulfonamides is 1. The van der Waals surface area contributed by atoms with Crippen LogP contribution < -0.4 is 14.4 Å². The molecule has 0 spiro atoms. The molecule has 0 saturated carbocycles. The van der Waals surface area contributed by atoms with Gasteiger partial charge in [-0.3, -0.25) is 14.4 Å². The van der Waals surface area contributed by atoms with Crippen molar-refractivity contribution in [2.24, 2.45) is 0 Å². The molecule has 0 bridgehead atoms. The zero-order valence-electron chi connectivity index (χ0n) is 19.5. The van der Waals surface area contributed by atoms with Crippen molar-refractivity contribution >= 4 is 50.6 Å². The van der Waals surface area contributed by atoms with Crippen molar-refractivity contribution in [1.82, 2.24) is 0 Å². The predicted molar refractivity (Wildman–Crippen MR) is 134 cm³/mol. The SMILES string of the molecule is CC1(C)Oc2ccc(NS(C)(=O)=O)c(F)c2N(c2ccc(Cl)c(C(=O)OCc3ccccc3)c2)C1=O. The highest BCUT2D eigenvalue weighted by atomic mass is 35.5. The van der Waals surface area contributed by atoms with Gasteiger partial charge in [-0.25, -0.2) is 17.6 Å².